The Bertz CT molecular complexity index is 899. The van der Waals surface area contributed by atoms with Crippen molar-refractivity contribution < 1.29 is 4.74 Å². The molecule has 1 aliphatic heterocycles. The summed E-state index contributed by atoms with van der Waals surface area (Å²) in [5.41, 5.74) is 4.79. The van der Waals surface area contributed by atoms with E-state index in [1.54, 1.807) is 0 Å². The zero-order valence-corrected chi connectivity index (χ0v) is 14.7. The Morgan fingerprint density at radius 1 is 1.04 bits per heavy atom. The van der Waals surface area contributed by atoms with Crippen LogP contribution in [0.25, 0.3) is 11.1 Å². The van der Waals surface area contributed by atoms with Gasteiger partial charge in [0, 0.05) is 47.9 Å². The highest BCUT2D eigenvalue weighted by Gasteiger charge is 2.27. The first-order chi connectivity index (χ1) is 12.9. The van der Waals surface area contributed by atoms with E-state index in [0.717, 1.165) is 31.1 Å². The summed E-state index contributed by atoms with van der Waals surface area (Å²) in [4.78, 5) is 7.99. The molecule has 1 fully saturated rings. The maximum Gasteiger partial charge on any atom is 0.131 e. The molecule has 5 rings (SSSR count). The highest BCUT2D eigenvalue weighted by atomic mass is 16.5. The molecule has 0 bridgehead atoms. The summed E-state index contributed by atoms with van der Waals surface area (Å²) < 4.78 is 6.07. The second kappa shape index (κ2) is 6.61. The van der Waals surface area contributed by atoms with Gasteiger partial charge in [0.15, 0.2) is 0 Å². The van der Waals surface area contributed by atoms with Crippen molar-refractivity contribution >= 4 is 0 Å². The summed E-state index contributed by atoms with van der Waals surface area (Å²) in [7, 11) is 0. The number of fused-ring (bicyclic) bond motifs is 1. The molecule has 4 nitrogen and oxygen atoms in total. The van der Waals surface area contributed by atoms with Crippen LogP contribution in [0.15, 0.2) is 54.7 Å². The maximum atomic E-state index is 6.07. The van der Waals surface area contributed by atoms with E-state index in [-0.39, 0.29) is 0 Å². The summed E-state index contributed by atoms with van der Waals surface area (Å²) in [6, 6.07) is 17.2. The van der Waals surface area contributed by atoms with E-state index >= 15 is 0 Å². The number of ether oxygens (including phenoxy) is 1. The molecule has 1 saturated carbocycles. The third-order valence-electron chi connectivity index (χ3n) is 5.31. The fourth-order valence-corrected chi connectivity index (χ4v) is 3.75. The molecule has 3 aromatic rings. The Morgan fingerprint density at radius 2 is 1.92 bits per heavy atom. The second-order valence-corrected chi connectivity index (χ2v) is 7.23. The minimum Gasteiger partial charge on any atom is -0.493 e. The minimum atomic E-state index is 0.301. The van der Waals surface area contributed by atoms with Gasteiger partial charge in [-0.05, 0) is 18.4 Å². The highest BCUT2D eigenvalue weighted by molar-refractivity contribution is 5.72. The van der Waals surface area contributed by atoms with Crippen LogP contribution in [0.3, 0.4) is 0 Å². The van der Waals surface area contributed by atoms with Gasteiger partial charge in [-0.15, -0.1) is 0 Å². The average molecular weight is 345 g/mol. The van der Waals surface area contributed by atoms with Crippen molar-refractivity contribution in [2.24, 2.45) is 0 Å². The Labute approximate surface area is 153 Å². The lowest BCUT2D eigenvalue weighted by Gasteiger charge is -2.28. The molecule has 1 aliphatic carbocycles. The average Bonchev–Trinajstić information content (AvgIpc) is 3.45. The number of aromatic nitrogens is 2. The fraction of sp³-hybridized carbons (Fsp3) is 0.318. The molecule has 4 heteroatoms. The van der Waals surface area contributed by atoms with Gasteiger partial charge < -0.3 is 15.0 Å². The van der Waals surface area contributed by atoms with Crippen LogP contribution in [-0.4, -0.2) is 16.6 Å². The number of para-hydroxylation sites is 1. The Hall–Kier alpha value is -2.59. The second-order valence-electron chi connectivity index (χ2n) is 7.23. The van der Waals surface area contributed by atoms with Gasteiger partial charge >= 0.3 is 0 Å². The monoisotopic (exact) mass is 345 g/mol. The van der Waals surface area contributed by atoms with Crippen molar-refractivity contribution in [2.75, 3.05) is 6.61 Å². The van der Waals surface area contributed by atoms with Crippen molar-refractivity contribution in [1.29, 1.82) is 0 Å². The summed E-state index contributed by atoms with van der Waals surface area (Å²) in [5.74, 6) is 2.84. The van der Waals surface area contributed by atoms with Crippen LogP contribution in [-0.2, 0) is 6.54 Å². The number of hydrogen-bond acceptors (Lipinski definition) is 3. The molecule has 1 unspecified atom stereocenters. The van der Waals surface area contributed by atoms with E-state index < -0.39 is 0 Å². The predicted octanol–water partition coefficient (Wildman–Crippen LogP) is 4.57. The number of imidazole rings is 1. The molecule has 0 saturated heterocycles. The number of hydrogen-bond donors (Lipinski definition) is 2. The van der Waals surface area contributed by atoms with Gasteiger partial charge in [0.1, 0.15) is 11.6 Å². The van der Waals surface area contributed by atoms with Crippen LogP contribution < -0.4 is 10.1 Å². The fourth-order valence-electron chi connectivity index (χ4n) is 3.75. The van der Waals surface area contributed by atoms with Crippen LogP contribution >= 0.6 is 0 Å². The van der Waals surface area contributed by atoms with E-state index in [2.05, 4.69) is 57.7 Å². The zero-order valence-electron chi connectivity index (χ0n) is 14.7. The third kappa shape index (κ3) is 3.01. The van der Waals surface area contributed by atoms with Crippen molar-refractivity contribution in [3.63, 3.8) is 0 Å². The van der Waals surface area contributed by atoms with Crippen LogP contribution in [0.1, 0.15) is 48.3 Å². The molecule has 2 heterocycles. The van der Waals surface area contributed by atoms with Gasteiger partial charge in [-0.25, -0.2) is 4.98 Å². The number of rotatable bonds is 5. The molecule has 0 amide bonds. The van der Waals surface area contributed by atoms with Crippen molar-refractivity contribution in [1.82, 2.24) is 15.3 Å². The largest absolute Gasteiger partial charge is 0.493 e. The highest BCUT2D eigenvalue weighted by Crippen LogP contribution is 2.40. The van der Waals surface area contributed by atoms with Crippen LogP contribution in [0.5, 0.6) is 5.75 Å². The molecule has 0 radical (unpaired) electrons. The lowest BCUT2D eigenvalue weighted by atomic mass is 9.94. The molecule has 2 N–H and O–H groups in total. The summed E-state index contributed by atoms with van der Waals surface area (Å²) >= 11 is 0. The first kappa shape index (κ1) is 15.6. The van der Waals surface area contributed by atoms with Crippen LogP contribution in [0.2, 0.25) is 0 Å². The number of nitrogens with zero attached hydrogens (tertiary/aromatic N) is 1. The van der Waals surface area contributed by atoms with E-state index in [1.807, 2.05) is 12.3 Å². The van der Waals surface area contributed by atoms with Gasteiger partial charge in [0.25, 0.3) is 0 Å². The van der Waals surface area contributed by atoms with E-state index in [1.165, 1.54) is 35.2 Å². The predicted molar refractivity (Wildman–Crippen MR) is 102 cm³/mol. The molecular formula is C22H23N3O. The van der Waals surface area contributed by atoms with Gasteiger partial charge in [-0.3, -0.25) is 0 Å². The minimum absolute atomic E-state index is 0.301. The summed E-state index contributed by atoms with van der Waals surface area (Å²) in [6.45, 7) is 1.55. The Morgan fingerprint density at radius 3 is 2.77 bits per heavy atom. The van der Waals surface area contributed by atoms with E-state index in [0.29, 0.717) is 12.0 Å². The molecule has 1 aromatic heterocycles. The lowest BCUT2D eigenvalue weighted by Crippen LogP contribution is -2.27. The first-order valence-electron chi connectivity index (χ1n) is 9.47. The quantitative estimate of drug-likeness (QED) is 0.712. The maximum absolute atomic E-state index is 6.07. The Balaban J connectivity index is 1.37. The standard InChI is InChI=1S/C22H23N3O/c1-2-5-15(6-3-1)18-7-4-8-19-20(11-12-26-21(18)19)23-13-17-14-24-22(25-17)16-9-10-16/h1-8,14,16,20,23H,9-13H2,(H,24,25). The molecule has 26 heavy (non-hydrogen) atoms. The van der Waals surface area contributed by atoms with Gasteiger partial charge in [-0.2, -0.15) is 0 Å². The summed E-state index contributed by atoms with van der Waals surface area (Å²) in [6.07, 6.45) is 5.50. The molecule has 1 atom stereocenters. The number of aromatic amines is 1. The van der Waals surface area contributed by atoms with E-state index in [4.69, 9.17) is 4.74 Å². The molecular weight excluding hydrogens is 322 g/mol. The number of benzene rings is 2. The number of H-pyrrole nitrogens is 1. The van der Waals surface area contributed by atoms with Crippen LogP contribution in [0.4, 0.5) is 0 Å². The van der Waals surface area contributed by atoms with Gasteiger partial charge in [0.2, 0.25) is 0 Å². The van der Waals surface area contributed by atoms with Crippen molar-refractivity contribution in [2.45, 2.75) is 37.8 Å². The summed E-state index contributed by atoms with van der Waals surface area (Å²) in [5, 5.41) is 3.69. The van der Waals surface area contributed by atoms with Gasteiger partial charge in [-0.1, -0.05) is 48.5 Å². The Kier molecular flexibility index (Phi) is 3.98. The molecule has 132 valence electrons. The SMILES string of the molecule is c1ccc(-c2cccc3c2OCCC3NCc2cnc(C3CC3)[nH]2)cc1. The third-order valence-corrected chi connectivity index (χ3v) is 5.31. The smallest absolute Gasteiger partial charge is 0.131 e. The van der Waals surface area contributed by atoms with Crippen molar-refractivity contribution in [3.05, 3.63) is 71.8 Å². The zero-order chi connectivity index (χ0) is 17.3. The molecule has 0 spiro atoms. The van der Waals surface area contributed by atoms with Gasteiger partial charge in [0.05, 0.1) is 6.61 Å². The molecule has 2 aliphatic rings. The number of nitrogens with one attached hydrogen (secondary N) is 2. The topological polar surface area (TPSA) is 49.9 Å². The normalized spacial score (nSPS) is 19.0. The van der Waals surface area contributed by atoms with E-state index in [9.17, 15) is 0 Å². The first-order valence-corrected chi connectivity index (χ1v) is 9.47. The molecule has 2 aromatic carbocycles. The van der Waals surface area contributed by atoms with Crippen LogP contribution in [0, 0.1) is 0 Å². The van der Waals surface area contributed by atoms with Crippen molar-refractivity contribution in [3.8, 4) is 16.9 Å². The lowest BCUT2D eigenvalue weighted by molar-refractivity contribution is 0.253.